The van der Waals surface area contributed by atoms with Crippen molar-refractivity contribution >= 4 is 70.8 Å². The van der Waals surface area contributed by atoms with Crippen LogP contribution in [0.2, 0.25) is 0 Å². The molecule has 5 nitrogen and oxygen atoms in total. The number of thiol groups is 2. The van der Waals surface area contributed by atoms with Crippen molar-refractivity contribution in [1.82, 2.24) is 5.32 Å². The summed E-state index contributed by atoms with van der Waals surface area (Å²) in [5.74, 6) is 0.422. The van der Waals surface area contributed by atoms with E-state index in [0.717, 1.165) is 25.0 Å². The van der Waals surface area contributed by atoms with Crippen LogP contribution in [0.1, 0.15) is 39.0 Å². The smallest absolute Gasteiger partial charge is 0.285 e. The van der Waals surface area contributed by atoms with Gasteiger partial charge in [-0.25, -0.2) is 0 Å². The van der Waals surface area contributed by atoms with E-state index in [0.29, 0.717) is 11.7 Å². The van der Waals surface area contributed by atoms with E-state index in [4.69, 9.17) is 4.55 Å². The molecule has 2 N–H and O–H groups in total. The molecule has 0 saturated carbocycles. The van der Waals surface area contributed by atoms with Crippen LogP contribution in [-0.2, 0) is 14.9 Å². The summed E-state index contributed by atoms with van der Waals surface area (Å²) in [4.78, 5) is 11.4. The predicted octanol–water partition coefficient (Wildman–Crippen LogP) is 1.13. The van der Waals surface area contributed by atoms with Gasteiger partial charge in [-0.05, 0) is 31.9 Å². The summed E-state index contributed by atoms with van der Waals surface area (Å²) in [5.41, 5.74) is 0. The normalized spacial score (nSPS) is 14.3. The SMILES string of the molecule is CC(NC(=O)CCCCC(S)CCS)S(=O)(=O)O.[Na]. The number of carbonyl (C=O) groups is 1. The van der Waals surface area contributed by atoms with Crippen molar-refractivity contribution < 1.29 is 17.8 Å². The number of unbranched alkanes of at least 4 members (excludes halogenated alkanes) is 1. The van der Waals surface area contributed by atoms with Crippen molar-refractivity contribution in [2.24, 2.45) is 0 Å². The Hall–Kier alpha value is 1.08. The van der Waals surface area contributed by atoms with Crippen LogP contribution in [0, 0.1) is 0 Å². The Balaban J connectivity index is 0. The van der Waals surface area contributed by atoms with E-state index in [1.807, 2.05) is 0 Å². The largest absolute Gasteiger partial charge is 0.338 e. The first-order valence-electron chi connectivity index (χ1n) is 5.82. The third kappa shape index (κ3) is 12.5. The Kier molecular flexibility index (Phi) is 13.8. The second-order valence-corrected chi connectivity index (χ2v) is 7.05. The second-order valence-electron chi connectivity index (χ2n) is 4.14. The third-order valence-electron chi connectivity index (χ3n) is 2.46. The topological polar surface area (TPSA) is 83.5 Å². The van der Waals surface area contributed by atoms with Crippen LogP contribution in [0.4, 0.5) is 0 Å². The van der Waals surface area contributed by atoms with Gasteiger partial charge in [-0.15, -0.1) is 0 Å². The molecule has 0 saturated heterocycles. The second kappa shape index (κ2) is 11.7. The minimum absolute atomic E-state index is 0. The fraction of sp³-hybridized carbons (Fsp3) is 0.900. The van der Waals surface area contributed by atoms with Crippen LogP contribution in [0.5, 0.6) is 0 Å². The molecule has 1 amide bonds. The molecule has 0 spiro atoms. The quantitative estimate of drug-likeness (QED) is 0.220. The summed E-state index contributed by atoms with van der Waals surface area (Å²) in [6.07, 6.45) is 3.62. The van der Waals surface area contributed by atoms with Gasteiger partial charge in [0, 0.05) is 41.2 Å². The van der Waals surface area contributed by atoms with Crippen LogP contribution in [0.15, 0.2) is 0 Å². The number of amides is 1. The number of nitrogens with one attached hydrogen (secondary N) is 1. The molecular formula is C10H21NNaO4S3. The maximum atomic E-state index is 11.4. The van der Waals surface area contributed by atoms with Crippen molar-refractivity contribution in [2.45, 2.75) is 49.7 Å². The Morgan fingerprint density at radius 1 is 1.32 bits per heavy atom. The standard InChI is InChI=1S/C10H21NO4S3.Na/c1-8(18(13,14)15)11-10(12)5-3-2-4-9(17)6-7-16;/h8-9,16-17H,2-7H2,1H3,(H,11,12)(H,13,14,15);. The van der Waals surface area contributed by atoms with E-state index >= 15 is 0 Å². The first kappa shape index (κ1) is 22.4. The summed E-state index contributed by atoms with van der Waals surface area (Å²) in [6, 6.07) is 0. The van der Waals surface area contributed by atoms with Gasteiger partial charge < -0.3 is 5.32 Å². The zero-order chi connectivity index (χ0) is 14.2. The monoisotopic (exact) mass is 338 g/mol. The number of hydrogen-bond donors (Lipinski definition) is 4. The fourth-order valence-corrected chi connectivity index (χ4v) is 2.44. The van der Waals surface area contributed by atoms with Crippen LogP contribution in [0.3, 0.4) is 0 Å². The van der Waals surface area contributed by atoms with Gasteiger partial charge in [-0.1, -0.05) is 6.42 Å². The molecule has 0 heterocycles. The average Bonchev–Trinajstić information content (AvgIpc) is 2.23. The molecule has 0 aliphatic heterocycles. The molecule has 19 heavy (non-hydrogen) atoms. The molecule has 0 fully saturated rings. The van der Waals surface area contributed by atoms with Crippen LogP contribution < -0.4 is 5.32 Å². The van der Waals surface area contributed by atoms with Gasteiger partial charge in [0.2, 0.25) is 5.91 Å². The van der Waals surface area contributed by atoms with E-state index in [1.54, 1.807) is 0 Å². The predicted molar refractivity (Wildman–Crippen MR) is 84.6 cm³/mol. The molecule has 0 bridgehead atoms. The zero-order valence-corrected chi connectivity index (χ0v) is 16.0. The Morgan fingerprint density at radius 2 is 1.89 bits per heavy atom. The Labute approximate surface area is 148 Å². The van der Waals surface area contributed by atoms with Gasteiger partial charge in [0.25, 0.3) is 10.1 Å². The van der Waals surface area contributed by atoms with Crippen molar-refractivity contribution in [2.75, 3.05) is 5.75 Å². The van der Waals surface area contributed by atoms with Crippen LogP contribution >= 0.6 is 25.3 Å². The van der Waals surface area contributed by atoms with Gasteiger partial charge in [0.1, 0.15) is 0 Å². The third-order valence-corrected chi connectivity index (χ3v) is 4.25. The molecule has 9 heteroatoms. The van der Waals surface area contributed by atoms with Crippen molar-refractivity contribution in [3.63, 3.8) is 0 Å². The van der Waals surface area contributed by atoms with E-state index in [1.165, 1.54) is 6.92 Å². The summed E-state index contributed by atoms with van der Waals surface area (Å²) < 4.78 is 30.0. The van der Waals surface area contributed by atoms with Crippen molar-refractivity contribution in [1.29, 1.82) is 0 Å². The Bertz CT molecular complexity index is 351. The van der Waals surface area contributed by atoms with E-state index in [-0.39, 0.29) is 41.9 Å². The minimum Gasteiger partial charge on any atom is -0.338 e. The summed E-state index contributed by atoms with van der Waals surface area (Å²) in [6.45, 7) is 1.23. The molecule has 0 aromatic carbocycles. The Morgan fingerprint density at radius 3 is 2.37 bits per heavy atom. The molecule has 2 atom stereocenters. The molecule has 0 aliphatic carbocycles. The van der Waals surface area contributed by atoms with Gasteiger partial charge in [-0.2, -0.15) is 33.7 Å². The molecule has 0 aromatic heterocycles. The van der Waals surface area contributed by atoms with Gasteiger partial charge in [0.05, 0.1) is 0 Å². The number of hydrogen-bond acceptors (Lipinski definition) is 5. The molecule has 0 aliphatic rings. The molecule has 0 aromatic rings. The maximum Gasteiger partial charge on any atom is 0.285 e. The van der Waals surface area contributed by atoms with Crippen molar-refractivity contribution in [3.05, 3.63) is 0 Å². The zero-order valence-electron chi connectivity index (χ0n) is 11.4. The average molecular weight is 338 g/mol. The minimum atomic E-state index is -4.20. The van der Waals surface area contributed by atoms with Crippen LogP contribution in [-0.4, -0.2) is 64.8 Å². The molecule has 2 unspecified atom stereocenters. The molecule has 109 valence electrons. The summed E-state index contributed by atoms with van der Waals surface area (Å²) in [7, 11) is -4.20. The number of rotatable bonds is 9. The molecule has 0 rings (SSSR count). The first-order chi connectivity index (χ1) is 8.27. The van der Waals surface area contributed by atoms with Gasteiger partial charge in [0.15, 0.2) is 5.37 Å². The van der Waals surface area contributed by atoms with E-state index in [2.05, 4.69) is 30.6 Å². The van der Waals surface area contributed by atoms with E-state index < -0.39 is 15.5 Å². The number of carbonyl (C=O) groups excluding carboxylic acids is 1. The maximum absolute atomic E-state index is 11.4. The van der Waals surface area contributed by atoms with Gasteiger partial charge >= 0.3 is 0 Å². The summed E-state index contributed by atoms with van der Waals surface area (Å²) in [5, 5.41) is 1.26. The molecular weight excluding hydrogens is 317 g/mol. The van der Waals surface area contributed by atoms with E-state index in [9.17, 15) is 13.2 Å². The van der Waals surface area contributed by atoms with Gasteiger partial charge in [-0.3, -0.25) is 9.35 Å². The van der Waals surface area contributed by atoms with Crippen molar-refractivity contribution in [3.8, 4) is 0 Å². The van der Waals surface area contributed by atoms with Crippen LogP contribution in [0.25, 0.3) is 0 Å². The fourth-order valence-electron chi connectivity index (χ4n) is 1.33. The first-order valence-corrected chi connectivity index (χ1v) is 8.47. The summed E-state index contributed by atoms with van der Waals surface area (Å²) >= 11 is 8.47. The molecule has 1 radical (unpaired) electrons.